The van der Waals surface area contributed by atoms with Gasteiger partial charge in [0.2, 0.25) is 5.95 Å². The van der Waals surface area contributed by atoms with Crippen LogP contribution in [0.2, 0.25) is 0 Å². The van der Waals surface area contributed by atoms with E-state index in [2.05, 4.69) is 36.3 Å². The average molecular weight is 646 g/mol. The molecular weight excluding hydrogens is 611 g/mol. The number of nitrogens with zero attached hydrogens (tertiary/aromatic N) is 8. The fourth-order valence-corrected chi connectivity index (χ4v) is 7.06. The first-order valence-electron chi connectivity index (χ1n) is 14.6. The van der Waals surface area contributed by atoms with Crippen molar-refractivity contribution in [3.05, 3.63) is 66.0 Å². The van der Waals surface area contributed by atoms with Crippen molar-refractivity contribution in [3.63, 3.8) is 0 Å². The molecule has 45 heavy (non-hydrogen) atoms. The smallest absolute Gasteiger partial charge is 0.379 e. The summed E-state index contributed by atoms with van der Waals surface area (Å²) >= 11 is 0. The number of aromatic nitrogens is 6. The highest BCUT2D eigenvalue weighted by Gasteiger charge is 2.36. The maximum atomic E-state index is 14.0. The summed E-state index contributed by atoms with van der Waals surface area (Å²) in [5.74, 6) is 0.0282. The van der Waals surface area contributed by atoms with Crippen LogP contribution >= 0.6 is 0 Å². The van der Waals surface area contributed by atoms with E-state index < -0.39 is 21.8 Å². The van der Waals surface area contributed by atoms with Crippen LogP contribution in [0.4, 0.5) is 19.1 Å². The van der Waals surface area contributed by atoms with E-state index in [9.17, 15) is 21.6 Å². The van der Waals surface area contributed by atoms with Crippen molar-refractivity contribution in [2.24, 2.45) is 7.05 Å². The minimum absolute atomic E-state index is 0.0215. The lowest BCUT2D eigenvalue weighted by atomic mass is 10.1. The summed E-state index contributed by atoms with van der Waals surface area (Å²) in [5.41, 5.74) is 1.76. The van der Waals surface area contributed by atoms with Gasteiger partial charge < -0.3 is 14.6 Å². The number of anilines is 1. The van der Waals surface area contributed by atoms with Gasteiger partial charge in [-0.2, -0.15) is 22.6 Å². The number of nitrogens with one attached hydrogen (secondary N) is 1. The number of hydrogen-bond donors (Lipinski definition) is 1. The summed E-state index contributed by atoms with van der Waals surface area (Å²) in [7, 11) is -2.04. The molecule has 0 bridgehead atoms. The van der Waals surface area contributed by atoms with Crippen LogP contribution in [-0.2, 0) is 34.5 Å². The molecule has 16 heteroatoms. The van der Waals surface area contributed by atoms with E-state index in [0.717, 1.165) is 42.6 Å². The third-order valence-electron chi connectivity index (χ3n) is 8.04. The maximum Gasteiger partial charge on any atom is 0.419 e. The van der Waals surface area contributed by atoms with Crippen molar-refractivity contribution in [2.45, 2.75) is 43.6 Å². The Balaban J connectivity index is 1.18. The van der Waals surface area contributed by atoms with Crippen molar-refractivity contribution < 1.29 is 26.3 Å². The summed E-state index contributed by atoms with van der Waals surface area (Å²) in [6.45, 7) is 6.34. The zero-order chi connectivity index (χ0) is 31.8. The largest absolute Gasteiger partial charge is 0.419 e. The fourth-order valence-electron chi connectivity index (χ4n) is 5.62. The van der Waals surface area contributed by atoms with Crippen LogP contribution in [0.5, 0.6) is 0 Å². The predicted octanol–water partition coefficient (Wildman–Crippen LogP) is 3.49. The summed E-state index contributed by atoms with van der Waals surface area (Å²) in [4.78, 5) is 14.5. The van der Waals surface area contributed by atoms with Crippen molar-refractivity contribution in [1.29, 1.82) is 0 Å². The van der Waals surface area contributed by atoms with Gasteiger partial charge >= 0.3 is 6.18 Å². The Morgan fingerprint density at radius 1 is 1.04 bits per heavy atom. The lowest BCUT2D eigenvalue weighted by molar-refractivity contribution is -0.137. The fraction of sp³-hybridized carbons (Fsp3) is 0.448. The molecule has 0 saturated carbocycles. The molecule has 2 fully saturated rings. The maximum absolute atomic E-state index is 14.0. The third kappa shape index (κ3) is 6.88. The number of rotatable bonds is 8. The molecule has 4 aromatic rings. The SMILES string of the molecule is Cc1cc(CN2CCOCC2)ccc1-n1cc(-c2nc(NC3CCN(S(=O)(=O)c4cn(C)cn4)CC3)ncc2C(F)(F)F)cn1. The first-order valence-corrected chi connectivity index (χ1v) is 16.1. The van der Waals surface area contributed by atoms with Gasteiger partial charge in [0.05, 0.1) is 37.1 Å². The summed E-state index contributed by atoms with van der Waals surface area (Å²) in [6, 6.07) is 5.75. The van der Waals surface area contributed by atoms with Crippen molar-refractivity contribution in [1.82, 2.24) is 38.5 Å². The van der Waals surface area contributed by atoms with Crippen LogP contribution in [0.25, 0.3) is 16.9 Å². The van der Waals surface area contributed by atoms with Crippen LogP contribution in [0.1, 0.15) is 29.5 Å². The van der Waals surface area contributed by atoms with Crippen LogP contribution in [-0.4, -0.2) is 92.4 Å². The van der Waals surface area contributed by atoms with E-state index in [4.69, 9.17) is 4.74 Å². The van der Waals surface area contributed by atoms with E-state index in [-0.39, 0.29) is 41.4 Å². The van der Waals surface area contributed by atoms with Crippen LogP contribution in [0.3, 0.4) is 0 Å². The molecule has 6 rings (SSSR count). The van der Waals surface area contributed by atoms with Gasteiger partial charge in [0, 0.05) is 70.0 Å². The Morgan fingerprint density at radius 3 is 2.47 bits per heavy atom. The number of morpholine rings is 1. The number of sulfonamides is 1. The zero-order valence-electron chi connectivity index (χ0n) is 24.9. The lowest BCUT2D eigenvalue weighted by Gasteiger charge is -2.31. The molecule has 12 nitrogen and oxygen atoms in total. The lowest BCUT2D eigenvalue weighted by Crippen LogP contribution is -2.42. The van der Waals surface area contributed by atoms with E-state index in [1.54, 1.807) is 16.3 Å². The molecule has 1 aromatic carbocycles. The molecule has 1 N–H and O–H groups in total. The first-order chi connectivity index (χ1) is 21.5. The van der Waals surface area contributed by atoms with Crippen molar-refractivity contribution in [2.75, 3.05) is 44.7 Å². The molecule has 0 radical (unpaired) electrons. The summed E-state index contributed by atoms with van der Waals surface area (Å²) in [6.07, 6.45) is 2.70. The normalized spacial score (nSPS) is 17.5. The zero-order valence-corrected chi connectivity index (χ0v) is 25.7. The van der Waals surface area contributed by atoms with Crippen LogP contribution < -0.4 is 5.32 Å². The first kappa shape index (κ1) is 31.1. The molecule has 0 atom stereocenters. The number of ether oxygens (including phenoxy) is 1. The Labute approximate surface area is 258 Å². The second kappa shape index (κ2) is 12.5. The number of alkyl halides is 3. The van der Waals surface area contributed by atoms with Crippen LogP contribution in [0.15, 0.2) is 54.3 Å². The molecule has 5 heterocycles. The van der Waals surface area contributed by atoms with Gasteiger partial charge in [-0.15, -0.1) is 0 Å². The van der Waals surface area contributed by atoms with E-state index in [1.807, 2.05) is 19.1 Å². The average Bonchev–Trinajstić information content (AvgIpc) is 3.68. The van der Waals surface area contributed by atoms with Gasteiger partial charge in [0.25, 0.3) is 10.0 Å². The molecule has 0 spiro atoms. The quantitative estimate of drug-likeness (QED) is 0.307. The molecule has 2 saturated heterocycles. The van der Waals surface area contributed by atoms with E-state index in [1.165, 1.54) is 29.2 Å². The highest BCUT2D eigenvalue weighted by atomic mass is 32.2. The summed E-state index contributed by atoms with van der Waals surface area (Å²) in [5, 5.41) is 7.45. The third-order valence-corrected chi connectivity index (χ3v) is 9.83. The highest BCUT2D eigenvalue weighted by Crippen LogP contribution is 2.36. The van der Waals surface area contributed by atoms with Gasteiger partial charge in [-0.25, -0.2) is 28.1 Å². The van der Waals surface area contributed by atoms with Crippen LogP contribution in [0, 0.1) is 6.92 Å². The molecule has 0 amide bonds. The van der Waals surface area contributed by atoms with Gasteiger partial charge in [0.1, 0.15) is 5.56 Å². The number of imidazole rings is 1. The van der Waals surface area contributed by atoms with Crippen molar-refractivity contribution >= 4 is 16.0 Å². The topological polar surface area (TPSA) is 123 Å². The molecule has 3 aromatic heterocycles. The number of aryl methyl sites for hydroxylation is 2. The second-order valence-electron chi connectivity index (χ2n) is 11.3. The summed E-state index contributed by atoms with van der Waals surface area (Å²) < 4.78 is 77.8. The molecule has 0 unspecified atom stereocenters. The van der Waals surface area contributed by atoms with Gasteiger partial charge in [-0.3, -0.25) is 4.90 Å². The monoisotopic (exact) mass is 645 g/mol. The highest BCUT2D eigenvalue weighted by molar-refractivity contribution is 7.89. The number of benzene rings is 1. The molecule has 0 aliphatic carbocycles. The molecular formula is C29H34F3N9O3S. The Hall–Kier alpha value is -3.86. The number of halogens is 3. The second-order valence-corrected chi connectivity index (χ2v) is 13.2. The molecule has 2 aliphatic heterocycles. The standard InChI is InChI=1S/C29H34F3N9O3S/c1-20-13-21(16-39-9-11-44-12-10-39)3-4-25(20)41-17-22(14-35-41)27-24(29(30,31)32)15-33-28(37-27)36-23-5-7-40(8-6-23)45(42,43)26-18-38(2)19-34-26/h3-4,13-15,17-19,23H,5-12,16H2,1-2H3,(H,33,36,37). The van der Waals surface area contributed by atoms with Gasteiger partial charge in [0.15, 0.2) is 5.03 Å². The van der Waals surface area contributed by atoms with E-state index in [0.29, 0.717) is 26.1 Å². The van der Waals surface area contributed by atoms with Gasteiger partial charge in [-0.1, -0.05) is 12.1 Å². The Morgan fingerprint density at radius 2 is 1.80 bits per heavy atom. The molecule has 2 aliphatic rings. The number of piperidine rings is 1. The van der Waals surface area contributed by atoms with Crippen molar-refractivity contribution in [3.8, 4) is 16.9 Å². The molecule has 240 valence electrons. The minimum Gasteiger partial charge on any atom is -0.379 e. The van der Waals surface area contributed by atoms with Gasteiger partial charge in [-0.05, 0) is 37.0 Å². The Bertz CT molecular complexity index is 1760. The van der Waals surface area contributed by atoms with E-state index >= 15 is 0 Å². The predicted molar refractivity (Wildman–Crippen MR) is 159 cm³/mol. The Kier molecular flexibility index (Phi) is 8.65. The minimum atomic E-state index is -4.68. The number of hydrogen-bond acceptors (Lipinski definition) is 9.